The number of aromatic nitrogens is 1. The van der Waals surface area contributed by atoms with Crippen molar-refractivity contribution < 1.29 is 19.4 Å². The number of rotatable bonds is 6. The lowest BCUT2D eigenvalue weighted by Crippen LogP contribution is -2.39. The van der Waals surface area contributed by atoms with Crippen LogP contribution in [0.3, 0.4) is 0 Å². The summed E-state index contributed by atoms with van der Waals surface area (Å²) >= 11 is 0. The van der Waals surface area contributed by atoms with Crippen molar-refractivity contribution in [1.29, 1.82) is 0 Å². The molecule has 0 atom stereocenters. The minimum absolute atomic E-state index is 0.0390. The van der Waals surface area contributed by atoms with Crippen LogP contribution in [0.4, 0.5) is 14.9 Å². The topological polar surface area (TPSA) is 77.7 Å². The molecule has 0 radical (unpaired) electrons. The van der Waals surface area contributed by atoms with Crippen LogP contribution < -0.4 is 5.32 Å². The third-order valence-corrected chi connectivity index (χ3v) is 3.12. The zero-order valence-corrected chi connectivity index (χ0v) is 11.9. The third kappa shape index (κ3) is 3.84. The van der Waals surface area contributed by atoms with E-state index in [0.29, 0.717) is 5.69 Å². The summed E-state index contributed by atoms with van der Waals surface area (Å²) in [5, 5.41) is 20.3. The minimum Gasteiger partial charge on any atom is -0.395 e. The maximum atomic E-state index is 13.9. The standard InChI is InChI=1S/C15H18FN3O3/c16-13-4-3-12(18-5-1-2-6-18)11-14(13)17-15(22)19(7-9-20)8-10-21/h1-6,11,20-21H,7-10H2,(H,17,22). The zero-order chi connectivity index (χ0) is 15.9. The van der Waals surface area contributed by atoms with E-state index in [1.807, 2.05) is 24.5 Å². The Hall–Kier alpha value is -2.38. The van der Waals surface area contributed by atoms with Crippen LogP contribution in [0.25, 0.3) is 5.69 Å². The van der Waals surface area contributed by atoms with Gasteiger partial charge < -0.3 is 25.0 Å². The van der Waals surface area contributed by atoms with Crippen LogP contribution in [0.2, 0.25) is 0 Å². The molecule has 1 heterocycles. The molecular weight excluding hydrogens is 289 g/mol. The Morgan fingerprint density at radius 3 is 2.41 bits per heavy atom. The molecule has 0 spiro atoms. The molecule has 1 aromatic heterocycles. The molecule has 0 aliphatic carbocycles. The molecule has 0 bridgehead atoms. The van der Waals surface area contributed by atoms with Gasteiger partial charge >= 0.3 is 6.03 Å². The molecule has 0 aliphatic rings. The molecule has 0 fully saturated rings. The largest absolute Gasteiger partial charge is 0.395 e. The van der Waals surface area contributed by atoms with Gasteiger partial charge in [0.15, 0.2) is 0 Å². The van der Waals surface area contributed by atoms with Gasteiger partial charge in [0.25, 0.3) is 0 Å². The van der Waals surface area contributed by atoms with Gasteiger partial charge in [0.1, 0.15) is 5.82 Å². The van der Waals surface area contributed by atoms with Crippen molar-refractivity contribution >= 4 is 11.7 Å². The van der Waals surface area contributed by atoms with Gasteiger partial charge in [-0.3, -0.25) is 0 Å². The smallest absolute Gasteiger partial charge is 0.322 e. The number of urea groups is 1. The molecule has 2 aromatic rings. The molecule has 3 N–H and O–H groups in total. The number of nitrogens with one attached hydrogen (secondary N) is 1. The summed E-state index contributed by atoms with van der Waals surface area (Å²) in [6, 6.07) is 7.49. The Balaban J connectivity index is 2.17. The Labute approximate surface area is 127 Å². The zero-order valence-electron chi connectivity index (χ0n) is 11.9. The molecule has 22 heavy (non-hydrogen) atoms. The fourth-order valence-corrected chi connectivity index (χ4v) is 2.03. The van der Waals surface area contributed by atoms with E-state index in [2.05, 4.69) is 5.32 Å². The fraction of sp³-hybridized carbons (Fsp3) is 0.267. The van der Waals surface area contributed by atoms with E-state index in [1.54, 1.807) is 10.6 Å². The Morgan fingerprint density at radius 1 is 1.18 bits per heavy atom. The number of halogens is 1. The molecule has 2 rings (SSSR count). The number of anilines is 1. The van der Waals surface area contributed by atoms with Crippen LogP contribution in [-0.2, 0) is 0 Å². The monoisotopic (exact) mass is 307 g/mol. The van der Waals surface area contributed by atoms with E-state index < -0.39 is 11.8 Å². The molecule has 1 aromatic carbocycles. The summed E-state index contributed by atoms with van der Waals surface area (Å²) in [6.07, 6.45) is 3.62. The van der Waals surface area contributed by atoms with Gasteiger partial charge in [0.2, 0.25) is 0 Å². The van der Waals surface area contributed by atoms with Crippen molar-refractivity contribution in [2.75, 3.05) is 31.6 Å². The maximum absolute atomic E-state index is 13.9. The first-order valence-electron chi connectivity index (χ1n) is 6.86. The van der Waals surface area contributed by atoms with Crippen molar-refractivity contribution in [2.24, 2.45) is 0 Å². The number of carbonyl (C=O) groups is 1. The van der Waals surface area contributed by atoms with Crippen LogP contribution in [0.5, 0.6) is 0 Å². The van der Waals surface area contributed by atoms with Gasteiger partial charge in [-0.2, -0.15) is 0 Å². The summed E-state index contributed by atoms with van der Waals surface area (Å²) < 4.78 is 15.7. The molecule has 0 unspecified atom stereocenters. The second kappa shape index (κ2) is 7.58. The van der Waals surface area contributed by atoms with Crippen molar-refractivity contribution in [3.8, 4) is 5.69 Å². The normalized spacial score (nSPS) is 10.5. The van der Waals surface area contributed by atoms with Crippen molar-refractivity contribution in [3.05, 3.63) is 48.5 Å². The summed E-state index contributed by atoms with van der Waals surface area (Å²) in [5.74, 6) is -0.558. The predicted molar refractivity (Wildman–Crippen MR) is 80.5 cm³/mol. The van der Waals surface area contributed by atoms with Gasteiger partial charge in [-0.25, -0.2) is 9.18 Å². The van der Waals surface area contributed by atoms with E-state index in [-0.39, 0.29) is 32.0 Å². The highest BCUT2D eigenvalue weighted by Gasteiger charge is 2.15. The molecule has 0 saturated heterocycles. The molecule has 6 nitrogen and oxygen atoms in total. The number of aliphatic hydroxyl groups excluding tert-OH is 2. The fourth-order valence-electron chi connectivity index (χ4n) is 2.03. The van der Waals surface area contributed by atoms with E-state index in [9.17, 15) is 9.18 Å². The number of benzene rings is 1. The SMILES string of the molecule is O=C(Nc1cc(-n2cccc2)ccc1F)N(CCO)CCO. The van der Waals surface area contributed by atoms with Gasteiger partial charge in [-0.1, -0.05) is 0 Å². The molecule has 0 saturated carbocycles. The average Bonchev–Trinajstić information content (AvgIpc) is 3.03. The van der Waals surface area contributed by atoms with Crippen LogP contribution in [0.15, 0.2) is 42.7 Å². The first kappa shape index (κ1) is 16.0. The molecule has 0 aliphatic heterocycles. The first-order valence-corrected chi connectivity index (χ1v) is 6.86. The number of hydrogen-bond donors (Lipinski definition) is 3. The molecule has 7 heteroatoms. The quantitative estimate of drug-likeness (QED) is 0.755. The lowest BCUT2D eigenvalue weighted by Gasteiger charge is -2.21. The van der Waals surface area contributed by atoms with Crippen LogP contribution in [-0.4, -0.2) is 52.0 Å². The molecular formula is C15H18FN3O3. The van der Waals surface area contributed by atoms with Gasteiger partial charge in [0.05, 0.1) is 18.9 Å². The Morgan fingerprint density at radius 2 is 1.82 bits per heavy atom. The van der Waals surface area contributed by atoms with E-state index in [1.165, 1.54) is 17.0 Å². The van der Waals surface area contributed by atoms with Gasteiger partial charge in [0, 0.05) is 31.2 Å². The number of aliphatic hydroxyl groups is 2. The highest BCUT2D eigenvalue weighted by Crippen LogP contribution is 2.19. The van der Waals surface area contributed by atoms with Crippen molar-refractivity contribution in [3.63, 3.8) is 0 Å². The lowest BCUT2D eigenvalue weighted by atomic mass is 10.2. The number of carbonyl (C=O) groups excluding carboxylic acids is 1. The van der Waals surface area contributed by atoms with Crippen molar-refractivity contribution in [1.82, 2.24) is 9.47 Å². The summed E-state index contributed by atoms with van der Waals surface area (Å²) in [7, 11) is 0. The highest BCUT2D eigenvalue weighted by molar-refractivity contribution is 5.89. The van der Waals surface area contributed by atoms with Crippen LogP contribution >= 0.6 is 0 Å². The third-order valence-electron chi connectivity index (χ3n) is 3.12. The lowest BCUT2D eigenvalue weighted by molar-refractivity contribution is 0.167. The molecule has 118 valence electrons. The minimum atomic E-state index is -0.577. The summed E-state index contributed by atoms with van der Waals surface area (Å²) in [4.78, 5) is 13.3. The van der Waals surface area contributed by atoms with Crippen LogP contribution in [0, 0.1) is 5.82 Å². The Kier molecular flexibility index (Phi) is 5.51. The predicted octanol–water partition coefficient (Wildman–Crippen LogP) is 1.43. The van der Waals surface area contributed by atoms with E-state index >= 15 is 0 Å². The summed E-state index contributed by atoms with van der Waals surface area (Å²) in [5.41, 5.74) is 0.745. The second-order valence-corrected chi connectivity index (χ2v) is 4.62. The second-order valence-electron chi connectivity index (χ2n) is 4.62. The number of hydrogen-bond acceptors (Lipinski definition) is 3. The van der Waals surface area contributed by atoms with E-state index in [4.69, 9.17) is 10.2 Å². The van der Waals surface area contributed by atoms with E-state index in [0.717, 1.165) is 0 Å². The Bertz CT molecular complexity index is 611. The average molecular weight is 307 g/mol. The highest BCUT2D eigenvalue weighted by atomic mass is 19.1. The summed E-state index contributed by atoms with van der Waals surface area (Å²) in [6.45, 7) is -0.352. The number of nitrogens with zero attached hydrogens (tertiary/aromatic N) is 2. The maximum Gasteiger partial charge on any atom is 0.322 e. The molecule has 2 amide bonds. The van der Waals surface area contributed by atoms with Crippen LogP contribution in [0.1, 0.15) is 0 Å². The van der Waals surface area contributed by atoms with Gasteiger partial charge in [-0.05, 0) is 30.3 Å². The first-order chi connectivity index (χ1) is 10.7. The number of amides is 2. The van der Waals surface area contributed by atoms with Crippen molar-refractivity contribution in [2.45, 2.75) is 0 Å². The van der Waals surface area contributed by atoms with Gasteiger partial charge in [-0.15, -0.1) is 0 Å².